The number of amides is 1. The lowest BCUT2D eigenvalue weighted by atomic mass is 10.1. The maximum Gasteiger partial charge on any atom is 0.267 e. The number of anilines is 1. The van der Waals surface area contributed by atoms with E-state index in [0.717, 1.165) is 5.56 Å². The summed E-state index contributed by atoms with van der Waals surface area (Å²) in [5, 5.41) is 14.3. The molecule has 2 N–H and O–H groups in total. The highest BCUT2D eigenvalue weighted by Gasteiger charge is 2.26. The molecule has 126 valence electrons. The van der Waals surface area contributed by atoms with Gasteiger partial charge in [0.25, 0.3) is 11.5 Å². The van der Waals surface area contributed by atoms with Crippen LogP contribution in [0, 0.1) is 0 Å². The summed E-state index contributed by atoms with van der Waals surface area (Å²) in [4.78, 5) is 25.4. The summed E-state index contributed by atoms with van der Waals surface area (Å²) in [5.41, 5.74) is 1.17. The smallest absolute Gasteiger partial charge is 0.267 e. The summed E-state index contributed by atoms with van der Waals surface area (Å²) in [5.74, 6) is -1.03. The number of hydrogen-bond donors (Lipinski definition) is 2. The van der Waals surface area contributed by atoms with Crippen molar-refractivity contribution in [3.05, 3.63) is 67.9 Å². The fraction of sp³-hybridized carbons (Fsp3) is 0.111. The standard InChI is InChI=1S/C18H12Cl2N2O3/c19-10-4-5-13(12(20)8-10)21-17(24)14-16(23)11-3-1-2-9-6-7-22(15(9)11)18(14)25/h1-5,8,23H,6-7H2,(H,21,24). The molecule has 2 aromatic carbocycles. The Morgan fingerprint density at radius 1 is 1.20 bits per heavy atom. The topological polar surface area (TPSA) is 71.3 Å². The highest BCUT2D eigenvalue weighted by molar-refractivity contribution is 6.36. The predicted octanol–water partition coefficient (Wildman–Crippen LogP) is 3.82. The molecule has 25 heavy (non-hydrogen) atoms. The van der Waals surface area contributed by atoms with Crippen molar-refractivity contribution in [1.82, 2.24) is 4.57 Å². The predicted molar refractivity (Wildman–Crippen MR) is 98.0 cm³/mol. The Hall–Kier alpha value is -2.50. The molecule has 0 saturated carbocycles. The molecule has 0 bridgehead atoms. The first kappa shape index (κ1) is 16.0. The molecule has 3 aromatic rings. The molecule has 0 aliphatic carbocycles. The molecule has 0 saturated heterocycles. The third-order valence-corrected chi connectivity index (χ3v) is 4.90. The Morgan fingerprint density at radius 2 is 2.00 bits per heavy atom. The number of carbonyl (C=O) groups excluding carboxylic acids is 1. The SMILES string of the molecule is O=C(Nc1ccc(Cl)cc1Cl)c1c(O)c2cccc3c2n(c1=O)CC3. The monoisotopic (exact) mass is 374 g/mol. The number of aromatic hydroxyl groups is 1. The number of nitrogens with one attached hydrogen (secondary N) is 1. The van der Waals surface area contributed by atoms with Crippen LogP contribution in [0.2, 0.25) is 10.0 Å². The average Bonchev–Trinajstić information content (AvgIpc) is 3.01. The summed E-state index contributed by atoms with van der Waals surface area (Å²) in [6.45, 7) is 0.483. The summed E-state index contributed by atoms with van der Waals surface area (Å²) in [6.07, 6.45) is 0.695. The van der Waals surface area contributed by atoms with Crippen molar-refractivity contribution in [2.45, 2.75) is 13.0 Å². The van der Waals surface area contributed by atoms with Gasteiger partial charge in [0.15, 0.2) is 0 Å². The molecule has 1 aliphatic rings. The van der Waals surface area contributed by atoms with Crippen LogP contribution < -0.4 is 10.9 Å². The first-order valence-corrected chi connectivity index (χ1v) is 8.36. The van der Waals surface area contributed by atoms with Crippen LogP contribution in [-0.4, -0.2) is 15.6 Å². The van der Waals surface area contributed by atoms with Crippen LogP contribution in [0.5, 0.6) is 5.75 Å². The van der Waals surface area contributed by atoms with Crippen molar-refractivity contribution >= 4 is 45.7 Å². The lowest BCUT2D eigenvalue weighted by Gasteiger charge is -2.12. The molecule has 1 aliphatic heterocycles. The zero-order valence-electron chi connectivity index (χ0n) is 12.8. The quantitative estimate of drug-likeness (QED) is 0.715. The Bertz CT molecular complexity index is 1110. The minimum absolute atomic E-state index is 0.244. The second kappa shape index (κ2) is 5.79. The van der Waals surface area contributed by atoms with Crippen molar-refractivity contribution in [2.75, 3.05) is 5.32 Å². The number of para-hydroxylation sites is 1. The molecular formula is C18H12Cl2N2O3. The maximum atomic E-state index is 12.7. The van der Waals surface area contributed by atoms with Crippen LogP contribution in [-0.2, 0) is 13.0 Å². The summed E-state index contributed by atoms with van der Waals surface area (Å²) in [7, 11) is 0. The number of pyridine rings is 1. The van der Waals surface area contributed by atoms with Crippen LogP contribution in [0.4, 0.5) is 5.69 Å². The van der Waals surface area contributed by atoms with E-state index in [0.29, 0.717) is 34.6 Å². The third kappa shape index (κ3) is 2.47. The van der Waals surface area contributed by atoms with Gasteiger partial charge in [-0.25, -0.2) is 0 Å². The number of hydrogen-bond acceptors (Lipinski definition) is 3. The second-order valence-electron chi connectivity index (χ2n) is 5.82. The molecule has 1 amide bonds. The van der Waals surface area contributed by atoms with Gasteiger partial charge >= 0.3 is 0 Å². The number of rotatable bonds is 2. The Kier molecular flexibility index (Phi) is 3.71. The average molecular weight is 375 g/mol. The van der Waals surface area contributed by atoms with Crippen LogP contribution >= 0.6 is 23.2 Å². The van der Waals surface area contributed by atoms with E-state index >= 15 is 0 Å². The molecule has 1 aromatic heterocycles. The minimum Gasteiger partial charge on any atom is -0.506 e. The summed E-state index contributed by atoms with van der Waals surface area (Å²) < 4.78 is 1.53. The Morgan fingerprint density at radius 3 is 2.76 bits per heavy atom. The van der Waals surface area contributed by atoms with E-state index in [1.165, 1.54) is 16.7 Å². The van der Waals surface area contributed by atoms with Gasteiger partial charge in [-0.2, -0.15) is 0 Å². The van der Waals surface area contributed by atoms with E-state index < -0.39 is 11.5 Å². The molecule has 0 fully saturated rings. The number of nitrogens with zero attached hydrogens (tertiary/aromatic N) is 1. The van der Waals surface area contributed by atoms with Crippen molar-refractivity contribution in [3.63, 3.8) is 0 Å². The minimum atomic E-state index is -0.713. The number of carbonyl (C=O) groups is 1. The van der Waals surface area contributed by atoms with E-state index in [9.17, 15) is 14.7 Å². The fourth-order valence-electron chi connectivity index (χ4n) is 3.20. The van der Waals surface area contributed by atoms with Gasteiger partial charge < -0.3 is 15.0 Å². The molecule has 5 nitrogen and oxygen atoms in total. The van der Waals surface area contributed by atoms with E-state index in [1.54, 1.807) is 18.2 Å². The van der Waals surface area contributed by atoms with Crippen LogP contribution in [0.3, 0.4) is 0 Å². The van der Waals surface area contributed by atoms with E-state index in [2.05, 4.69) is 5.32 Å². The first-order valence-electron chi connectivity index (χ1n) is 7.61. The highest BCUT2D eigenvalue weighted by Crippen LogP contribution is 2.33. The number of halogens is 2. The Labute approximate surface area is 152 Å². The van der Waals surface area contributed by atoms with Crippen molar-refractivity contribution in [1.29, 1.82) is 0 Å². The number of benzene rings is 2. The van der Waals surface area contributed by atoms with Gasteiger partial charge in [0.1, 0.15) is 11.3 Å². The van der Waals surface area contributed by atoms with E-state index in [-0.39, 0.29) is 16.3 Å². The van der Waals surface area contributed by atoms with Gasteiger partial charge in [-0.05, 0) is 36.2 Å². The molecule has 0 spiro atoms. The summed E-state index contributed by atoms with van der Waals surface area (Å²) >= 11 is 11.9. The zero-order chi connectivity index (χ0) is 17.7. The lowest BCUT2D eigenvalue weighted by Crippen LogP contribution is -2.28. The van der Waals surface area contributed by atoms with Gasteiger partial charge in [0, 0.05) is 17.0 Å². The van der Waals surface area contributed by atoms with Crippen molar-refractivity contribution in [3.8, 4) is 5.75 Å². The molecule has 0 atom stereocenters. The van der Waals surface area contributed by atoms with Gasteiger partial charge in [-0.3, -0.25) is 9.59 Å². The van der Waals surface area contributed by atoms with Crippen molar-refractivity contribution in [2.24, 2.45) is 0 Å². The fourth-order valence-corrected chi connectivity index (χ4v) is 3.66. The number of aromatic nitrogens is 1. The van der Waals surface area contributed by atoms with E-state index in [1.807, 2.05) is 6.07 Å². The Balaban J connectivity index is 1.85. The highest BCUT2D eigenvalue weighted by atomic mass is 35.5. The molecule has 7 heteroatoms. The molecule has 0 unspecified atom stereocenters. The van der Waals surface area contributed by atoms with Crippen LogP contribution in [0.1, 0.15) is 15.9 Å². The molecular weight excluding hydrogens is 363 g/mol. The first-order chi connectivity index (χ1) is 12.0. The van der Waals surface area contributed by atoms with Gasteiger partial charge in [0.2, 0.25) is 0 Å². The zero-order valence-corrected chi connectivity index (χ0v) is 14.4. The van der Waals surface area contributed by atoms with Crippen LogP contribution in [0.25, 0.3) is 10.9 Å². The normalized spacial score (nSPS) is 12.6. The van der Waals surface area contributed by atoms with Gasteiger partial charge in [-0.1, -0.05) is 35.3 Å². The lowest BCUT2D eigenvalue weighted by molar-refractivity contribution is 0.102. The largest absolute Gasteiger partial charge is 0.506 e. The van der Waals surface area contributed by atoms with Crippen molar-refractivity contribution < 1.29 is 9.90 Å². The number of aryl methyl sites for hydroxylation is 2. The van der Waals surface area contributed by atoms with Gasteiger partial charge in [-0.15, -0.1) is 0 Å². The molecule has 2 heterocycles. The second-order valence-corrected chi connectivity index (χ2v) is 6.67. The third-order valence-electron chi connectivity index (χ3n) is 4.35. The maximum absolute atomic E-state index is 12.7. The van der Waals surface area contributed by atoms with E-state index in [4.69, 9.17) is 23.2 Å². The molecule has 0 radical (unpaired) electrons. The van der Waals surface area contributed by atoms with Gasteiger partial charge in [0.05, 0.1) is 16.2 Å². The molecule has 4 rings (SSSR count). The summed E-state index contributed by atoms with van der Waals surface area (Å²) in [6, 6.07) is 10.0. The van der Waals surface area contributed by atoms with Crippen LogP contribution in [0.15, 0.2) is 41.2 Å².